The Morgan fingerprint density at radius 1 is 1.26 bits per heavy atom. The molecule has 0 aromatic rings. The van der Waals surface area contributed by atoms with Crippen molar-refractivity contribution >= 4 is 6.09 Å². The fourth-order valence-corrected chi connectivity index (χ4v) is 2.89. The Balaban J connectivity index is 1.91. The number of β-amino-alcohol motifs (C(OH)–C–C–N with tert-alkyl or cyclic N) is 1. The smallest absolute Gasteiger partial charge is 0.410 e. The number of aliphatic hydroxyl groups is 1. The van der Waals surface area contributed by atoms with Crippen LogP contribution in [0, 0.1) is 11.8 Å². The van der Waals surface area contributed by atoms with E-state index in [4.69, 9.17) is 9.47 Å². The van der Waals surface area contributed by atoms with Crippen LogP contribution < -0.4 is 0 Å². The number of amides is 1. The van der Waals surface area contributed by atoms with Crippen molar-refractivity contribution in [2.45, 2.75) is 45.3 Å². The topological polar surface area (TPSA) is 59.0 Å². The zero-order valence-electron chi connectivity index (χ0n) is 12.1. The van der Waals surface area contributed by atoms with Gasteiger partial charge in [0.1, 0.15) is 5.60 Å². The van der Waals surface area contributed by atoms with Crippen molar-refractivity contribution in [2.24, 2.45) is 11.8 Å². The first-order valence-electron chi connectivity index (χ1n) is 7.10. The highest BCUT2D eigenvalue weighted by atomic mass is 16.6. The SMILES string of the molecule is CC(C)(C)OC(=O)N1CC(O)C(C2CCOCC2)C1. The largest absolute Gasteiger partial charge is 0.444 e. The molecule has 1 N–H and O–H groups in total. The second-order valence-corrected chi connectivity index (χ2v) is 6.57. The first kappa shape index (κ1) is 14.6. The summed E-state index contributed by atoms with van der Waals surface area (Å²) in [6.45, 7) is 8.08. The van der Waals surface area contributed by atoms with E-state index in [1.54, 1.807) is 4.90 Å². The van der Waals surface area contributed by atoms with Crippen LogP contribution in [0.3, 0.4) is 0 Å². The second-order valence-electron chi connectivity index (χ2n) is 6.57. The molecular formula is C14H25NO4. The van der Waals surface area contributed by atoms with E-state index in [0.29, 0.717) is 19.0 Å². The molecule has 0 bridgehead atoms. The van der Waals surface area contributed by atoms with E-state index in [1.165, 1.54) is 0 Å². The van der Waals surface area contributed by atoms with Gasteiger partial charge in [0, 0.05) is 25.7 Å². The molecule has 0 radical (unpaired) electrons. The van der Waals surface area contributed by atoms with Crippen LogP contribution >= 0.6 is 0 Å². The standard InChI is InChI=1S/C14H25NO4/c1-14(2,3)19-13(17)15-8-11(12(16)9-15)10-4-6-18-7-5-10/h10-12,16H,4-9H2,1-3H3. The summed E-state index contributed by atoms with van der Waals surface area (Å²) >= 11 is 0. The molecule has 2 fully saturated rings. The molecule has 2 unspecified atom stereocenters. The van der Waals surface area contributed by atoms with Gasteiger partial charge in [-0.05, 0) is 39.5 Å². The summed E-state index contributed by atoms with van der Waals surface area (Å²) < 4.78 is 10.7. The number of rotatable bonds is 1. The summed E-state index contributed by atoms with van der Waals surface area (Å²) in [5, 5.41) is 10.2. The fraction of sp³-hybridized carbons (Fsp3) is 0.929. The minimum Gasteiger partial charge on any atom is -0.444 e. The zero-order chi connectivity index (χ0) is 14.0. The predicted molar refractivity (Wildman–Crippen MR) is 70.8 cm³/mol. The third-order valence-electron chi connectivity index (χ3n) is 3.86. The number of nitrogens with zero attached hydrogens (tertiary/aromatic N) is 1. The first-order valence-corrected chi connectivity index (χ1v) is 7.10. The molecule has 0 aliphatic carbocycles. The lowest BCUT2D eigenvalue weighted by molar-refractivity contribution is 0.0217. The number of likely N-dealkylation sites (tertiary alicyclic amines) is 1. The summed E-state index contributed by atoms with van der Waals surface area (Å²) in [7, 11) is 0. The van der Waals surface area contributed by atoms with E-state index in [-0.39, 0.29) is 12.0 Å². The summed E-state index contributed by atoms with van der Waals surface area (Å²) in [5.41, 5.74) is -0.487. The number of hydrogen-bond donors (Lipinski definition) is 1. The van der Waals surface area contributed by atoms with Gasteiger partial charge in [0.25, 0.3) is 0 Å². The molecular weight excluding hydrogens is 246 g/mol. The molecule has 2 heterocycles. The Kier molecular flexibility index (Phi) is 4.36. The van der Waals surface area contributed by atoms with Gasteiger partial charge in [-0.2, -0.15) is 0 Å². The van der Waals surface area contributed by atoms with Gasteiger partial charge in [0.05, 0.1) is 12.6 Å². The Morgan fingerprint density at radius 2 is 1.89 bits per heavy atom. The molecule has 5 nitrogen and oxygen atoms in total. The summed E-state index contributed by atoms with van der Waals surface area (Å²) in [4.78, 5) is 13.6. The quantitative estimate of drug-likeness (QED) is 0.787. The summed E-state index contributed by atoms with van der Waals surface area (Å²) in [6, 6.07) is 0. The molecule has 2 atom stereocenters. The van der Waals surface area contributed by atoms with Crippen LogP contribution in [0.5, 0.6) is 0 Å². The van der Waals surface area contributed by atoms with Crippen LogP contribution in [0.25, 0.3) is 0 Å². The van der Waals surface area contributed by atoms with Crippen molar-refractivity contribution in [3.8, 4) is 0 Å². The highest BCUT2D eigenvalue weighted by Crippen LogP contribution is 2.32. The van der Waals surface area contributed by atoms with Crippen molar-refractivity contribution in [1.29, 1.82) is 0 Å². The molecule has 2 aliphatic heterocycles. The maximum atomic E-state index is 12.0. The summed E-state index contributed by atoms with van der Waals surface area (Å²) in [5.74, 6) is 0.618. The predicted octanol–water partition coefficient (Wildman–Crippen LogP) is 1.64. The van der Waals surface area contributed by atoms with Gasteiger partial charge in [-0.15, -0.1) is 0 Å². The lowest BCUT2D eigenvalue weighted by Crippen LogP contribution is -2.36. The van der Waals surface area contributed by atoms with Crippen LogP contribution in [-0.2, 0) is 9.47 Å². The van der Waals surface area contributed by atoms with E-state index >= 15 is 0 Å². The zero-order valence-corrected chi connectivity index (χ0v) is 12.1. The number of carbonyl (C=O) groups excluding carboxylic acids is 1. The lowest BCUT2D eigenvalue weighted by atomic mass is 9.84. The Morgan fingerprint density at radius 3 is 2.47 bits per heavy atom. The first-order chi connectivity index (χ1) is 8.87. The van der Waals surface area contributed by atoms with Crippen molar-refractivity contribution < 1.29 is 19.4 Å². The van der Waals surface area contributed by atoms with E-state index in [0.717, 1.165) is 26.1 Å². The highest BCUT2D eigenvalue weighted by molar-refractivity contribution is 5.68. The Hall–Kier alpha value is -0.810. The molecule has 1 amide bonds. The molecule has 5 heteroatoms. The fourth-order valence-electron chi connectivity index (χ4n) is 2.89. The molecule has 0 spiro atoms. The van der Waals surface area contributed by atoms with Crippen LogP contribution in [0.4, 0.5) is 4.79 Å². The van der Waals surface area contributed by atoms with E-state index in [9.17, 15) is 9.90 Å². The molecule has 0 saturated carbocycles. The van der Waals surface area contributed by atoms with Gasteiger partial charge in [-0.25, -0.2) is 4.79 Å². The molecule has 0 aromatic heterocycles. The Bertz CT molecular complexity index is 320. The highest BCUT2D eigenvalue weighted by Gasteiger charge is 2.40. The van der Waals surface area contributed by atoms with Crippen LogP contribution in [0.15, 0.2) is 0 Å². The van der Waals surface area contributed by atoms with Crippen molar-refractivity contribution in [3.05, 3.63) is 0 Å². The average Bonchev–Trinajstić information content (AvgIpc) is 2.70. The number of hydrogen-bond acceptors (Lipinski definition) is 4. The monoisotopic (exact) mass is 271 g/mol. The second kappa shape index (κ2) is 5.67. The van der Waals surface area contributed by atoms with Gasteiger partial charge in [0.15, 0.2) is 0 Å². The number of aliphatic hydroxyl groups excluding tert-OH is 1. The third kappa shape index (κ3) is 3.83. The molecule has 2 aliphatic rings. The summed E-state index contributed by atoms with van der Waals surface area (Å²) in [6.07, 6.45) is 1.20. The maximum Gasteiger partial charge on any atom is 0.410 e. The lowest BCUT2D eigenvalue weighted by Gasteiger charge is -2.29. The van der Waals surface area contributed by atoms with Crippen molar-refractivity contribution in [1.82, 2.24) is 4.90 Å². The minimum atomic E-state index is -0.487. The molecule has 110 valence electrons. The normalized spacial score (nSPS) is 29.6. The van der Waals surface area contributed by atoms with Gasteiger partial charge < -0.3 is 19.5 Å². The Labute approximate surface area is 114 Å². The molecule has 2 saturated heterocycles. The number of carbonyl (C=O) groups is 1. The molecule has 0 aromatic carbocycles. The van der Waals surface area contributed by atoms with Crippen molar-refractivity contribution in [3.63, 3.8) is 0 Å². The van der Waals surface area contributed by atoms with E-state index < -0.39 is 11.7 Å². The molecule has 19 heavy (non-hydrogen) atoms. The van der Waals surface area contributed by atoms with Gasteiger partial charge in [-0.3, -0.25) is 0 Å². The third-order valence-corrected chi connectivity index (χ3v) is 3.86. The molecule has 2 rings (SSSR count). The van der Waals surface area contributed by atoms with Crippen LogP contribution in [0.1, 0.15) is 33.6 Å². The minimum absolute atomic E-state index is 0.163. The number of ether oxygens (including phenoxy) is 2. The van der Waals surface area contributed by atoms with Crippen LogP contribution in [-0.4, -0.2) is 54.1 Å². The van der Waals surface area contributed by atoms with Crippen molar-refractivity contribution in [2.75, 3.05) is 26.3 Å². The maximum absolute atomic E-state index is 12.0. The van der Waals surface area contributed by atoms with Gasteiger partial charge >= 0.3 is 6.09 Å². The van der Waals surface area contributed by atoms with Gasteiger partial charge in [0.2, 0.25) is 0 Å². The van der Waals surface area contributed by atoms with Crippen LogP contribution in [0.2, 0.25) is 0 Å². The van der Waals surface area contributed by atoms with E-state index in [2.05, 4.69) is 0 Å². The van der Waals surface area contributed by atoms with E-state index in [1.807, 2.05) is 20.8 Å². The average molecular weight is 271 g/mol. The van der Waals surface area contributed by atoms with Gasteiger partial charge in [-0.1, -0.05) is 0 Å².